The largest absolute Gasteiger partial charge is 0.361 e. The van der Waals surface area contributed by atoms with Gasteiger partial charge in [-0.05, 0) is 36.8 Å². The van der Waals surface area contributed by atoms with E-state index in [-0.39, 0.29) is 5.91 Å². The van der Waals surface area contributed by atoms with Crippen LogP contribution >= 0.6 is 12.2 Å². The summed E-state index contributed by atoms with van der Waals surface area (Å²) in [5, 5.41) is 6.26. The van der Waals surface area contributed by atoms with Crippen molar-refractivity contribution >= 4 is 23.2 Å². The van der Waals surface area contributed by atoms with Gasteiger partial charge in [-0.25, -0.2) is 0 Å². The van der Waals surface area contributed by atoms with Crippen molar-refractivity contribution in [1.82, 2.24) is 20.4 Å². The number of nitrogens with one attached hydrogen (secondary N) is 2. The first-order valence-corrected chi connectivity index (χ1v) is 10.2. The van der Waals surface area contributed by atoms with Crippen molar-refractivity contribution in [3.8, 4) is 0 Å². The molecule has 1 aliphatic heterocycles. The molecule has 0 radical (unpaired) electrons. The fraction of sp³-hybridized carbons (Fsp3) is 0.364. The molecular weight excluding hydrogens is 368 g/mol. The summed E-state index contributed by atoms with van der Waals surface area (Å²) in [7, 11) is 0. The third-order valence-electron chi connectivity index (χ3n) is 4.97. The summed E-state index contributed by atoms with van der Waals surface area (Å²) in [4.78, 5) is 17.1. The average Bonchev–Trinajstić information content (AvgIpc) is 2.70. The number of benzene rings is 2. The fourth-order valence-corrected chi connectivity index (χ4v) is 3.46. The summed E-state index contributed by atoms with van der Waals surface area (Å²) in [5.41, 5.74) is 3.11. The monoisotopic (exact) mass is 396 g/mol. The molecule has 1 saturated heterocycles. The zero-order chi connectivity index (χ0) is 19.8. The molecule has 1 fully saturated rings. The molecule has 28 heavy (non-hydrogen) atoms. The highest BCUT2D eigenvalue weighted by molar-refractivity contribution is 7.80. The van der Waals surface area contributed by atoms with Crippen LogP contribution in [0.3, 0.4) is 0 Å². The van der Waals surface area contributed by atoms with E-state index in [0.29, 0.717) is 10.7 Å². The van der Waals surface area contributed by atoms with Gasteiger partial charge in [-0.15, -0.1) is 0 Å². The van der Waals surface area contributed by atoms with Gasteiger partial charge in [-0.3, -0.25) is 19.9 Å². The van der Waals surface area contributed by atoms with E-state index in [4.69, 9.17) is 12.2 Å². The molecule has 0 atom stereocenters. The topological polar surface area (TPSA) is 47.6 Å². The molecule has 6 heteroatoms. The van der Waals surface area contributed by atoms with E-state index in [0.717, 1.165) is 51.4 Å². The molecule has 148 valence electrons. The normalized spacial score (nSPS) is 15.2. The predicted molar refractivity (Wildman–Crippen MR) is 117 cm³/mol. The van der Waals surface area contributed by atoms with E-state index in [2.05, 4.69) is 50.8 Å². The molecule has 2 aromatic carbocycles. The summed E-state index contributed by atoms with van der Waals surface area (Å²) >= 11 is 5.24. The Hall–Kier alpha value is -2.28. The van der Waals surface area contributed by atoms with Crippen molar-refractivity contribution < 1.29 is 4.79 Å². The molecule has 1 heterocycles. The van der Waals surface area contributed by atoms with E-state index in [1.165, 1.54) is 5.56 Å². The molecule has 0 unspecified atom stereocenters. The Balaban J connectivity index is 1.31. The summed E-state index contributed by atoms with van der Waals surface area (Å²) in [6.07, 6.45) is 0. The Morgan fingerprint density at radius 1 is 0.964 bits per heavy atom. The summed E-state index contributed by atoms with van der Waals surface area (Å²) in [6, 6.07) is 18.1. The minimum Gasteiger partial charge on any atom is -0.361 e. The SMILES string of the molecule is Cc1ccc(C(=O)NC(=S)NCCN2CCN(Cc3ccccc3)CC2)cc1. The van der Waals surface area contributed by atoms with Crippen LogP contribution in [-0.4, -0.2) is 60.1 Å². The zero-order valence-electron chi connectivity index (χ0n) is 16.4. The molecule has 1 amide bonds. The number of hydrogen-bond acceptors (Lipinski definition) is 4. The second-order valence-corrected chi connectivity index (χ2v) is 7.59. The van der Waals surface area contributed by atoms with Crippen LogP contribution in [0.5, 0.6) is 0 Å². The number of nitrogens with zero attached hydrogens (tertiary/aromatic N) is 2. The van der Waals surface area contributed by atoms with Gasteiger partial charge in [-0.2, -0.15) is 0 Å². The fourth-order valence-electron chi connectivity index (χ4n) is 3.26. The van der Waals surface area contributed by atoms with Crippen molar-refractivity contribution in [2.75, 3.05) is 39.3 Å². The summed E-state index contributed by atoms with van der Waals surface area (Å²) in [5.74, 6) is -0.174. The lowest BCUT2D eigenvalue weighted by atomic mass is 10.1. The van der Waals surface area contributed by atoms with Crippen LogP contribution in [0.25, 0.3) is 0 Å². The highest BCUT2D eigenvalue weighted by Gasteiger charge is 2.16. The van der Waals surface area contributed by atoms with E-state index in [9.17, 15) is 4.79 Å². The molecule has 1 aliphatic rings. The van der Waals surface area contributed by atoms with E-state index in [1.807, 2.05) is 31.2 Å². The highest BCUT2D eigenvalue weighted by Crippen LogP contribution is 2.08. The Morgan fingerprint density at radius 3 is 2.29 bits per heavy atom. The van der Waals surface area contributed by atoms with Crippen LogP contribution in [0.4, 0.5) is 0 Å². The van der Waals surface area contributed by atoms with Crippen molar-refractivity contribution in [2.45, 2.75) is 13.5 Å². The lowest BCUT2D eigenvalue weighted by molar-refractivity contribution is 0.0976. The van der Waals surface area contributed by atoms with Gasteiger partial charge in [0, 0.05) is 51.4 Å². The maximum atomic E-state index is 12.2. The number of thiocarbonyl (C=S) groups is 1. The molecule has 3 rings (SSSR count). The Kier molecular flexibility index (Phi) is 7.54. The second-order valence-electron chi connectivity index (χ2n) is 7.18. The van der Waals surface area contributed by atoms with E-state index in [1.54, 1.807) is 0 Å². The predicted octanol–water partition coefficient (Wildman–Crippen LogP) is 2.42. The number of hydrogen-bond donors (Lipinski definition) is 2. The molecule has 0 saturated carbocycles. The van der Waals surface area contributed by atoms with E-state index >= 15 is 0 Å². The lowest BCUT2D eigenvalue weighted by Gasteiger charge is -2.34. The number of piperazine rings is 1. The first kappa shape index (κ1) is 20.5. The van der Waals surface area contributed by atoms with Crippen LogP contribution in [0.1, 0.15) is 21.5 Å². The first-order chi connectivity index (χ1) is 13.6. The maximum absolute atomic E-state index is 12.2. The van der Waals surface area contributed by atoms with Gasteiger partial charge in [-0.1, -0.05) is 48.0 Å². The Morgan fingerprint density at radius 2 is 1.61 bits per heavy atom. The van der Waals surface area contributed by atoms with E-state index < -0.39 is 0 Å². The minimum atomic E-state index is -0.174. The zero-order valence-corrected chi connectivity index (χ0v) is 17.2. The second kappa shape index (κ2) is 10.3. The van der Waals surface area contributed by atoms with Gasteiger partial charge in [0.25, 0.3) is 5.91 Å². The molecule has 0 bridgehead atoms. The number of carbonyl (C=O) groups excluding carboxylic acids is 1. The number of aryl methyl sites for hydroxylation is 1. The Bertz CT molecular complexity index is 771. The lowest BCUT2D eigenvalue weighted by Crippen LogP contribution is -2.49. The number of rotatable bonds is 6. The summed E-state index contributed by atoms with van der Waals surface area (Å²) in [6.45, 7) is 8.91. The quantitative estimate of drug-likeness (QED) is 0.735. The van der Waals surface area contributed by atoms with Crippen molar-refractivity contribution in [1.29, 1.82) is 0 Å². The van der Waals surface area contributed by atoms with Crippen molar-refractivity contribution in [2.24, 2.45) is 0 Å². The van der Waals surface area contributed by atoms with Gasteiger partial charge in [0.1, 0.15) is 0 Å². The van der Waals surface area contributed by atoms with Gasteiger partial charge < -0.3 is 5.32 Å². The maximum Gasteiger partial charge on any atom is 0.257 e. The minimum absolute atomic E-state index is 0.174. The molecule has 5 nitrogen and oxygen atoms in total. The standard InChI is InChI=1S/C22H28N4OS/c1-18-7-9-20(10-8-18)21(27)24-22(28)23-11-12-25-13-15-26(16-14-25)17-19-5-3-2-4-6-19/h2-10H,11-17H2,1H3,(H2,23,24,27,28). The molecule has 2 aromatic rings. The smallest absolute Gasteiger partial charge is 0.257 e. The van der Waals surface area contributed by atoms with Crippen LogP contribution in [0.2, 0.25) is 0 Å². The van der Waals surface area contributed by atoms with Crippen LogP contribution in [0, 0.1) is 6.92 Å². The molecule has 0 spiro atoms. The highest BCUT2D eigenvalue weighted by atomic mass is 32.1. The third-order valence-corrected chi connectivity index (χ3v) is 5.21. The van der Waals surface area contributed by atoms with Gasteiger partial charge in [0.15, 0.2) is 5.11 Å². The molecule has 0 aromatic heterocycles. The van der Waals surface area contributed by atoms with Gasteiger partial charge >= 0.3 is 0 Å². The van der Waals surface area contributed by atoms with Crippen LogP contribution in [0.15, 0.2) is 54.6 Å². The average molecular weight is 397 g/mol. The molecule has 0 aliphatic carbocycles. The Labute approximate surface area is 172 Å². The van der Waals surface area contributed by atoms with Crippen LogP contribution in [-0.2, 0) is 6.54 Å². The summed E-state index contributed by atoms with van der Waals surface area (Å²) < 4.78 is 0. The third kappa shape index (κ3) is 6.41. The molecular formula is C22H28N4OS. The van der Waals surface area contributed by atoms with Crippen molar-refractivity contribution in [3.63, 3.8) is 0 Å². The number of amides is 1. The van der Waals surface area contributed by atoms with Crippen molar-refractivity contribution in [3.05, 3.63) is 71.3 Å². The van der Waals surface area contributed by atoms with Gasteiger partial charge in [0.05, 0.1) is 0 Å². The number of carbonyl (C=O) groups is 1. The van der Waals surface area contributed by atoms with Crippen LogP contribution < -0.4 is 10.6 Å². The van der Waals surface area contributed by atoms with Gasteiger partial charge in [0.2, 0.25) is 0 Å². The molecule has 2 N–H and O–H groups in total. The first-order valence-electron chi connectivity index (χ1n) is 9.74.